The minimum absolute atomic E-state index is 0.0135. The fourth-order valence-electron chi connectivity index (χ4n) is 1.70. The van der Waals surface area contributed by atoms with Crippen LogP contribution in [-0.2, 0) is 12.7 Å². The molecule has 0 fully saturated rings. The van der Waals surface area contributed by atoms with Crippen LogP contribution in [0.1, 0.15) is 31.2 Å². The minimum atomic E-state index is -4.33. The van der Waals surface area contributed by atoms with Crippen molar-refractivity contribution < 1.29 is 13.2 Å². The van der Waals surface area contributed by atoms with Crippen molar-refractivity contribution in [1.82, 2.24) is 10.3 Å². The van der Waals surface area contributed by atoms with Crippen LogP contribution >= 0.6 is 11.3 Å². The number of rotatable bonds is 3. The molecule has 0 aliphatic carbocycles. The van der Waals surface area contributed by atoms with Crippen molar-refractivity contribution in [3.63, 3.8) is 0 Å². The highest BCUT2D eigenvalue weighted by molar-refractivity contribution is 7.15. The van der Waals surface area contributed by atoms with Crippen LogP contribution < -0.4 is 5.32 Å². The zero-order valence-corrected chi connectivity index (χ0v) is 12.9. The summed E-state index contributed by atoms with van der Waals surface area (Å²) in [6.45, 7) is 6.82. The molecule has 1 heterocycles. The fraction of sp³-hybridized carbons (Fsp3) is 0.400. The Morgan fingerprint density at radius 3 is 2.52 bits per heavy atom. The van der Waals surface area contributed by atoms with Crippen LogP contribution in [0.4, 0.5) is 13.2 Å². The molecule has 1 N–H and O–H groups in total. The molecule has 0 amide bonds. The molecule has 0 radical (unpaired) electrons. The number of alkyl halides is 3. The van der Waals surface area contributed by atoms with Crippen molar-refractivity contribution in [3.05, 3.63) is 40.9 Å². The summed E-state index contributed by atoms with van der Waals surface area (Å²) < 4.78 is 38.1. The molecule has 1 aromatic carbocycles. The lowest BCUT2D eigenvalue weighted by atomic mass is 10.1. The van der Waals surface area contributed by atoms with Gasteiger partial charge in [0.05, 0.1) is 5.56 Å². The van der Waals surface area contributed by atoms with Crippen LogP contribution in [0, 0.1) is 0 Å². The molecule has 0 atom stereocenters. The predicted octanol–water partition coefficient (Wildman–Crippen LogP) is 4.72. The number of hydrogen-bond donors (Lipinski definition) is 1. The van der Waals surface area contributed by atoms with Crippen molar-refractivity contribution in [2.75, 3.05) is 0 Å². The smallest absolute Gasteiger partial charge is 0.307 e. The number of nitrogens with zero attached hydrogens (tertiary/aromatic N) is 1. The lowest BCUT2D eigenvalue weighted by Gasteiger charge is -2.19. The maximum Gasteiger partial charge on any atom is 0.416 e. The Hall–Kier alpha value is -1.40. The Kier molecular flexibility index (Phi) is 4.39. The third-order valence-electron chi connectivity index (χ3n) is 2.78. The first-order chi connectivity index (χ1) is 9.65. The molecule has 0 spiro atoms. The lowest BCUT2D eigenvalue weighted by Crippen LogP contribution is -2.34. The number of hydrogen-bond acceptors (Lipinski definition) is 3. The molecule has 0 saturated carbocycles. The summed E-state index contributed by atoms with van der Waals surface area (Å²) in [4.78, 5) is 5.22. The van der Waals surface area contributed by atoms with E-state index in [1.54, 1.807) is 12.3 Å². The summed E-state index contributed by atoms with van der Waals surface area (Å²) in [5.74, 6) is 0. The van der Waals surface area contributed by atoms with Crippen LogP contribution in [0.3, 0.4) is 0 Å². The molecule has 0 aliphatic heterocycles. The van der Waals surface area contributed by atoms with E-state index in [-0.39, 0.29) is 5.54 Å². The van der Waals surface area contributed by atoms with Crippen molar-refractivity contribution in [2.24, 2.45) is 0 Å². The van der Waals surface area contributed by atoms with Gasteiger partial charge < -0.3 is 5.32 Å². The number of aromatic nitrogens is 1. The molecule has 2 rings (SSSR count). The topological polar surface area (TPSA) is 24.9 Å². The molecule has 114 valence electrons. The average molecular weight is 314 g/mol. The summed E-state index contributed by atoms with van der Waals surface area (Å²) in [6.07, 6.45) is -2.62. The van der Waals surface area contributed by atoms with E-state index in [1.807, 2.05) is 0 Å². The Bertz CT molecular complexity index is 612. The van der Waals surface area contributed by atoms with Gasteiger partial charge >= 0.3 is 6.18 Å². The third kappa shape index (κ3) is 4.54. The van der Waals surface area contributed by atoms with Gasteiger partial charge in [0.15, 0.2) is 0 Å². The van der Waals surface area contributed by atoms with Gasteiger partial charge in [0.1, 0.15) is 5.01 Å². The SMILES string of the molecule is CC(C)(C)NCc1cnc(-c2cccc(C(F)(F)F)c2)s1. The van der Waals surface area contributed by atoms with E-state index in [2.05, 4.69) is 31.1 Å². The van der Waals surface area contributed by atoms with Gasteiger partial charge in [0.25, 0.3) is 0 Å². The van der Waals surface area contributed by atoms with E-state index in [0.717, 1.165) is 17.0 Å². The Balaban J connectivity index is 2.18. The largest absolute Gasteiger partial charge is 0.416 e. The van der Waals surface area contributed by atoms with E-state index in [4.69, 9.17) is 0 Å². The lowest BCUT2D eigenvalue weighted by molar-refractivity contribution is -0.137. The fourth-order valence-corrected chi connectivity index (χ4v) is 2.55. The second-order valence-corrected chi connectivity index (χ2v) is 6.93. The highest BCUT2D eigenvalue weighted by Crippen LogP contribution is 2.33. The van der Waals surface area contributed by atoms with Gasteiger partial charge in [-0.1, -0.05) is 12.1 Å². The maximum atomic E-state index is 12.7. The number of benzene rings is 1. The van der Waals surface area contributed by atoms with Gasteiger partial charge in [-0.05, 0) is 32.9 Å². The van der Waals surface area contributed by atoms with Gasteiger partial charge in [-0.25, -0.2) is 4.98 Å². The average Bonchev–Trinajstić information content (AvgIpc) is 2.83. The van der Waals surface area contributed by atoms with E-state index >= 15 is 0 Å². The molecule has 0 bridgehead atoms. The third-order valence-corrected chi connectivity index (χ3v) is 3.83. The van der Waals surface area contributed by atoms with Crippen molar-refractivity contribution in [2.45, 2.75) is 39.0 Å². The standard InChI is InChI=1S/C15H17F3N2S/c1-14(2,3)20-9-12-8-19-13(21-12)10-5-4-6-11(7-10)15(16,17)18/h4-8,20H,9H2,1-3H3. The van der Waals surface area contributed by atoms with Gasteiger partial charge in [0.2, 0.25) is 0 Å². The summed E-state index contributed by atoms with van der Waals surface area (Å²) in [5.41, 5.74) is -0.165. The number of nitrogens with one attached hydrogen (secondary N) is 1. The number of halogens is 3. The first-order valence-electron chi connectivity index (χ1n) is 6.52. The van der Waals surface area contributed by atoms with Crippen molar-refractivity contribution in [1.29, 1.82) is 0 Å². The molecule has 21 heavy (non-hydrogen) atoms. The van der Waals surface area contributed by atoms with Crippen LogP contribution in [-0.4, -0.2) is 10.5 Å². The molecule has 0 saturated heterocycles. The summed E-state index contributed by atoms with van der Waals surface area (Å²) >= 11 is 1.41. The second-order valence-electron chi connectivity index (χ2n) is 5.81. The summed E-state index contributed by atoms with van der Waals surface area (Å²) in [6, 6.07) is 5.26. The second kappa shape index (κ2) is 5.77. The van der Waals surface area contributed by atoms with Crippen LogP contribution in [0.15, 0.2) is 30.5 Å². The van der Waals surface area contributed by atoms with Gasteiger partial charge in [-0.3, -0.25) is 0 Å². The van der Waals surface area contributed by atoms with Crippen LogP contribution in [0.25, 0.3) is 10.6 Å². The zero-order valence-electron chi connectivity index (χ0n) is 12.1. The Labute approximate surface area is 126 Å². The monoisotopic (exact) mass is 314 g/mol. The Morgan fingerprint density at radius 2 is 1.90 bits per heavy atom. The highest BCUT2D eigenvalue weighted by Gasteiger charge is 2.30. The molecule has 0 unspecified atom stereocenters. The first kappa shape index (κ1) is 16.0. The van der Waals surface area contributed by atoms with Crippen LogP contribution in [0.5, 0.6) is 0 Å². The van der Waals surface area contributed by atoms with Gasteiger partial charge in [-0.2, -0.15) is 13.2 Å². The van der Waals surface area contributed by atoms with Gasteiger partial charge in [-0.15, -0.1) is 11.3 Å². The molecule has 1 aromatic heterocycles. The highest BCUT2D eigenvalue weighted by atomic mass is 32.1. The maximum absolute atomic E-state index is 12.7. The molecule has 2 nitrogen and oxygen atoms in total. The van der Waals surface area contributed by atoms with Crippen molar-refractivity contribution >= 4 is 11.3 Å². The molecular weight excluding hydrogens is 297 g/mol. The van der Waals surface area contributed by atoms with E-state index in [9.17, 15) is 13.2 Å². The number of thiazole rings is 1. The van der Waals surface area contributed by atoms with Crippen LogP contribution in [0.2, 0.25) is 0 Å². The normalized spacial score (nSPS) is 12.7. The predicted molar refractivity (Wildman–Crippen MR) is 79.1 cm³/mol. The zero-order chi connectivity index (χ0) is 15.7. The molecule has 0 aliphatic rings. The Morgan fingerprint density at radius 1 is 1.19 bits per heavy atom. The van der Waals surface area contributed by atoms with Crippen molar-refractivity contribution in [3.8, 4) is 10.6 Å². The summed E-state index contributed by atoms with van der Waals surface area (Å²) in [5, 5.41) is 3.93. The van der Waals surface area contributed by atoms with E-state index in [1.165, 1.54) is 17.4 Å². The van der Waals surface area contributed by atoms with E-state index in [0.29, 0.717) is 17.1 Å². The minimum Gasteiger partial charge on any atom is -0.307 e. The first-order valence-corrected chi connectivity index (χ1v) is 7.34. The molecule has 6 heteroatoms. The van der Waals surface area contributed by atoms with Gasteiger partial charge in [0, 0.05) is 28.7 Å². The van der Waals surface area contributed by atoms with E-state index < -0.39 is 11.7 Å². The molecular formula is C15H17F3N2S. The quantitative estimate of drug-likeness (QED) is 0.887. The molecule has 2 aromatic rings. The summed E-state index contributed by atoms with van der Waals surface area (Å²) in [7, 11) is 0.